The third-order valence-electron chi connectivity index (χ3n) is 3.71. The average molecular weight is 353 g/mol. The number of nitriles is 1. The zero-order valence-electron chi connectivity index (χ0n) is 15.9. The Balaban J connectivity index is 2.01. The van der Waals surface area contributed by atoms with Crippen LogP contribution in [0.5, 0.6) is 0 Å². The van der Waals surface area contributed by atoms with Crippen molar-refractivity contribution in [2.75, 3.05) is 19.3 Å². The van der Waals surface area contributed by atoms with Crippen molar-refractivity contribution in [3.05, 3.63) is 41.6 Å². The molecule has 1 heterocycles. The molecule has 0 bridgehead atoms. The molecule has 1 aromatic heterocycles. The lowest BCUT2D eigenvalue weighted by atomic mass is 10.1. The number of para-hydroxylation sites is 1. The number of aliphatic imine (C=N–C) groups is 1. The Kier molecular flexibility index (Phi) is 6.23. The summed E-state index contributed by atoms with van der Waals surface area (Å²) >= 11 is 0. The Morgan fingerprint density at radius 2 is 2.00 bits per heavy atom. The first-order valence-electron chi connectivity index (χ1n) is 8.67. The molecule has 0 aliphatic heterocycles. The van der Waals surface area contributed by atoms with Crippen LogP contribution >= 0.6 is 0 Å². The summed E-state index contributed by atoms with van der Waals surface area (Å²) in [6.07, 6.45) is 1.47. The zero-order chi connectivity index (χ0) is 19.2. The second-order valence-electron chi connectivity index (χ2n) is 7.04. The first kappa shape index (κ1) is 19.3. The molecule has 0 aliphatic carbocycles. The van der Waals surface area contributed by atoms with E-state index in [4.69, 9.17) is 5.73 Å². The highest BCUT2D eigenvalue weighted by atomic mass is 15.3. The molecule has 0 saturated heterocycles. The van der Waals surface area contributed by atoms with Gasteiger partial charge in [-0.05, 0) is 45.7 Å². The van der Waals surface area contributed by atoms with Gasteiger partial charge in [0.2, 0.25) is 0 Å². The van der Waals surface area contributed by atoms with Crippen molar-refractivity contribution in [1.29, 1.82) is 5.26 Å². The Labute approximate surface area is 154 Å². The lowest BCUT2D eigenvalue weighted by Gasteiger charge is -2.23. The molecule has 0 aliphatic rings. The molecule has 2 aromatic rings. The van der Waals surface area contributed by atoms with E-state index in [-0.39, 0.29) is 5.54 Å². The van der Waals surface area contributed by atoms with Crippen LogP contribution in [-0.4, -0.2) is 34.9 Å². The number of nitrogens with zero attached hydrogens (tertiary/aromatic N) is 4. The standard InChI is InChI=1S/C19H27N7/c1-19(2,3)24-18(22-4)23-12-8-11-16-15(13-20)17(21)26(25-16)14-9-6-5-7-10-14/h5-7,9-10H,8,11-12,21H2,1-4H3,(H2,22,23,24). The highest BCUT2D eigenvalue weighted by Gasteiger charge is 2.16. The number of benzene rings is 1. The molecule has 0 saturated carbocycles. The minimum absolute atomic E-state index is 0.0568. The second kappa shape index (κ2) is 8.39. The molecule has 1 aromatic carbocycles. The number of aryl methyl sites for hydroxylation is 1. The van der Waals surface area contributed by atoms with Gasteiger partial charge in [0, 0.05) is 19.1 Å². The molecule has 7 heteroatoms. The number of hydrogen-bond acceptors (Lipinski definition) is 4. The molecule has 0 fully saturated rings. The number of rotatable bonds is 5. The van der Waals surface area contributed by atoms with Crippen molar-refractivity contribution in [3.63, 3.8) is 0 Å². The van der Waals surface area contributed by atoms with E-state index in [1.807, 2.05) is 30.3 Å². The van der Waals surface area contributed by atoms with E-state index in [9.17, 15) is 5.26 Å². The van der Waals surface area contributed by atoms with Crippen molar-refractivity contribution in [2.45, 2.75) is 39.2 Å². The van der Waals surface area contributed by atoms with Crippen molar-refractivity contribution in [3.8, 4) is 11.8 Å². The molecule has 138 valence electrons. The summed E-state index contributed by atoms with van der Waals surface area (Å²) < 4.78 is 1.63. The van der Waals surface area contributed by atoms with E-state index in [1.165, 1.54) is 0 Å². The molecule has 4 N–H and O–H groups in total. The fraction of sp³-hybridized carbons (Fsp3) is 0.421. The third kappa shape index (κ3) is 4.99. The summed E-state index contributed by atoms with van der Waals surface area (Å²) in [7, 11) is 1.75. The summed E-state index contributed by atoms with van der Waals surface area (Å²) in [4.78, 5) is 4.21. The Hall–Kier alpha value is -3.01. The third-order valence-corrected chi connectivity index (χ3v) is 3.71. The molecule has 2 rings (SSSR count). The summed E-state index contributed by atoms with van der Waals surface area (Å²) in [5, 5.41) is 20.6. The van der Waals surface area contributed by atoms with Crippen LogP contribution in [0.4, 0.5) is 5.82 Å². The van der Waals surface area contributed by atoms with Gasteiger partial charge in [0.1, 0.15) is 17.5 Å². The smallest absolute Gasteiger partial charge is 0.191 e. The molecule has 0 radical (unpaired) electrons. The van der Waals surface area contributed by atoms with Crippen LogP contribution in [0, 0.1) is 11.3 Å². The van der Waals surface area contributed by atoms with E-state index < -0.39 is 0 Å². The lowest BCUT2D eigenvalue weighted by Crippen LogP contribution is -2.47. The molecule has 0 spiro atoms. The number of nitrogens with two attached hydrogens (primary N) is 1. The highest BCUT2D eigenvalue weighted by Crippen LogP contribution is 2.21. The van der Waals surface area contributed by atoms with Gasteiger partial charge in [-0.2, -0.15) is 10.4 Å². The van der Waals surface area contributed by atoms with Gasteiger partial charge in [-0.3, -0.25) is 4.99 Å². The quantitative estimate of drug-likeness (QED) is 0.434. The van der Waals surface area contributed by atoms with Crippen LogP contribution in [-0.2, 0) is 6.42 Å². The molecular formula is C19H27N7. The molecule has 7 nitrogen and oxygen atoms in total. The Morgan fingerprint density at radius 1 is 1.31 bits per heavy atom. The van der Waals surface area contributed by atoms with Crippen molar-refractivity contribution < 1.29 is 0 Å². The number of nitrogens with one attached hydrogen (secondary N) is 2. The highest BCUT2D eigenvalue weighted by molar-refractivity contribution is 5.80. The fourth-order valence-electron chi connectivity index (χ4n) is 2.54. The van der Waals surface area contributed by atoms with Gasteiger partial charge in [0.15, 0.2) is 5.96 Å². The second-order valence-corrected chi connectivity index (χ2v) is 7.04. The van der Waals surface area contributed by atoms with Crippen LogP contribution in [0.2, 0.25) is 0 Å². The first-order chi connectivity index (χ1) is 12.4. The van der Waals surface area contributed by atoms with Crippen LogP contribution in [0.25, 0.3) is 5.69 Å². The van der Waals surface area contributed by atoms with Crippen molar-refractivity contribution >= 4 is 11.8 Å². The van der Waals surface area contributed by atoms with Gasteiger partial charge >= 0.3 is 0 Å². The van der Waals surface area contributed by atoms with Crippen LogP contribution < -0.4 is 16.4 Å². The lowest BCUT2D eigenvalue weighted by molar-refractivity contribution is 0.501. The fourth-order valence-corrected chi connectivity index (χ4v) is 2.54. The monoisotopic (exact) mass is 353 g/mol. The van der Waals surface area contributed by atoms with Gasteiger partial charge in [-0.1, -0.05) is 18.2 Å². The minimum Gasteiger partial charge on any atom is -0.382 e. The Morgan fingerprint density at radius 3 is 2.58 bits per heavy atom. The van der Waals surface area contributed by atoms with Crippen LogP contribution in [0.1, 0.15) is 38.4 Å². The molecule has 0 unspecified atom stereocenters. The average Bonchev–Trinajstić information content (AvgIpc) is 2.93. The van der Waals surface area contributed by atoms with Crippen LogP contribution in [0.15, 0.2) is 35.3 Å². The summed E-state index contributed by atoms with van der Waals surface area (Å²) in [6.45, 7) is 6.97. The van der Waals surface area contributed by atoms with E-state index >= 15 is 0 Å². The molecule has 0 amide bonds. The van der Waals surface area contributed by atoms with Gasteiger partial charge in [0.25, 0.3) is 0 Å². The van der Waals surface area contributed by atoms with Crippen LogP contribution in [0.3, 0.4) is 0 Å². The number of nitrogen functional groups attached to an aromatic ring is 1. The number of anilines is 1. The Bertz CT molecular complexity index is 792. The minimum atomic E-state index is -0.0568. The molecule has 26 heavy (non-hydrogen) atoms. The predicted octanol–water partition coefficient (Wildman–Crippen LogP) is 2.22. The largest absolute Gasteiger partial charge is 0.382 e. The van der Waals surface area contributed by atoms with Gasteiger partial charge in [-0.15, -0.1) is 0 Å². The van der Waals surface area contributed by atoms with Gasteiger partial charge in [0.05, 0.1) is 11.4 Å². The van der Waals surface area contributed by atoms with E-state index in [1.54, 1.807) is 11.7 Å². The topological polar surface area (TPSA) is 104 Å². The zero-order valence-corrected chi connectivity index (χ0v) is 15.9. The molecule has 0 atom stereocenters. The number of guanidine groups is 1. The maximum Gasteiger partial charge on any atom is 0.191 e. The summed E-state index contributed by atoms with van der Waals surface area (Å²) in [6, 6.07) is 11.8. The van der Waals surface area contributed by atoms with Gasteiger partial charge in [-0.25, -0.2) is 4.68 Å². The van der Waals surface area contributed by atoms with Crippen molar-refractivity contribution in [1.82, 2.24) is 20.4 Å². The molecular weight excluding hydrogens is 326 g/mol. The number of aromatic nitrogens is 2. The maximum absolute atomic E-state index is 9.44. The summed E-state index contributed by atoms with van der Waals surface area (Å²) in [5.41, 5.74) is 8.08. The van der Waals surface area contributed by atoms with E-state index in [2.05, 4.69) is 47.6 Å². The predicted molar refractivity (Wildman–Crippen MR) is 105 cm³/mol. The van der Waals surface area contributed by atoms with E-state index in [0.717, 1.165) is 30.3 Å². The first-order valence-corrected chi connectivity index (χ1v) is 8.67. The maximum atomic E-state index is 9.44. The van der Waals surface area contributed by atoms with Crippen molar-refractivity contribution in [2.24, 2.45) is 4.99 Å². The summed E-state index contributed by atoms with van der Waals surface area (Å²) in [5.74, 6) is 1.14. The van der Waals surface area contributed by atoms with E-state index in [0.29, 0.717) is 17.8 Å². The normalized spacial score (nSPS) is 11.9. The SMILES string of the molecule is CN=C(NCCCc1nn(-c2ccccc2)c(N)c1C#N)NC(C)(C)C. The van der Waals surface area contributed by atoms with Gasteiger partial charge < -0.3 is 16.4 Å². The number of hydrogen-bond donors (Lipinski definition) is 3.